The van der Waals surface area contributed by atoms with Crippen molar-refractivity contribution in [1.29, 1.82) is 0 Å². The van der Waals surface area contributed by atoms with Crippen molar-refractivity contribution >= 4 is 11.7 Å². The largest absolute Gasteiger partial charge is 0.479 e. The number of carboxylic acids is 1. The molecule has 0 aliphatic heterocycles. The van der Waals surface area contributed by atoms with Gasteiger partial charge >= 0.3 is 5.97 Å². The number of fused-ring (bicyclic) bond motifs is 5. The van der Waals surface area contributed by atoms with Gasteiger partial charge in [0, 0.05) is 0 Å². The van der Waals surface area contributed by atoms with Gasteiger partial charge in [-0.25, -0.2) is 4.79 Å². The van der Waals surface area contributed by atoms with Gasteiger partial charge in [-0.2, -0.15) is 0 Å². The number of allylic oxidation sites excluding steroid dienone is 2. The van der Waals surface area contributed by atoms with Crippen LogP contribution in [0.5, 0.6) is 0 Å². The summed E-state index contributed by atoms with van der Waals surface area (Å²) < 4.78 is 0. The first-order valence-electron chi connectivity index (χ1n) is 10.1. The maximum atomic E-state index is 10.6. The molecular formula is C21H31NO4. The van der Waals surface area contributed by atoms with Crippen LogP contribution in [0.4, 0.5) is 0 Å². The predicted molar refractivity (Wildman–Crippen MR) is 98.7 cm³/mol. The minimum absolute atomic E-state index is 0.116. The first-order valence-corrected chi connectivity index (χ1v) is 10.1. The van der Waals surface area contributed by atoms with Crippen LogP contribution in [-0.4, -0.2) is 34.6 Å². The molecule has 0 spiro atoms. The van der Waals surface area contributed by atoms with Gasteiger partial charge in [0.05, 0.1) is 11.8 Å². The Kier molecular flexibility index (Phi) is 4.41. The zero-order valence-corrected chi connectivity index (χ0v) is 15.9. The van der Waals surface area contributed by atoms with Crippen molar-refractivity contribution in [3.8, 4) is 0 Å². The van der Waals surface area contributed by atoms with E-state index >= 15 is 0 Å². The Labute approximate surface area is 155 Å². The van der Waals surface area contributed by atoms with Crippen molar-refractivity contribution in [3.63, 3.8) is 0 Å². The minimum atomic E-state index is -0.993. The lowest BCUT2D eigenvalue weighted by Gasteiger charge is -2.57. The monoisotopic (exact) mass is 361 g/mol. The Morgan fingerprint density at radius 2 is 2.00 bits per heavy atom. The topological polar surface area (TPSA) is 79.1 Å². The summed E-state index contributed by atoms with van der Waals surface area (Å²) >= 11 is 0. The number of oxime groups is 1. The number of aliphatic carboxylic acids is 1. The fourth-order valence-corrected chi connectivity index (χ4v) is 6.79. The molecule has 144 valence electrons. The molecule has 0 saturated heterocycles. The second-order valence-corrected chi connectivity index (χ2v) is 9.39. The summed E-state index contributed by atoms with van der Waals surface area (Å²) in [5.74, 6) is 1.11. The van der Waals surface area contributed by atoms with Crippen LogP contribution in [0.1, 0.15) is 65.2 Å². The van der Waals surface area contributed by atoms with Crippen molar-refractivity contribution in [3.05, 3.63) is 11.6 Å². The molecule has 4 aliphatic rings. The summed E-state index contributed by atoms with van der Waals surface area (Å²) in [4.78, 5) is 15.5. The molecule has 3 fully saturated rings. The van der Waals surface area contributed by atoms with Crippen molar-refractivity contribution < 1.29 is 19.8 Å². The fraction of sp³-hybridized carbons (Fsp3) is 0.810. The van der Waals surface area contributed by atoms with Crippen molar-refractivity contribution in [1.82, 2.24) is 0 Å². The summed E-state index contributed by atoms with van der Waals surface area (Å²) in [5, 5.41) is 23.3. The first kappa shape index (κ1) is 18.0. The van der Waals surface area contributed by atoms with Gasteiger partial charge in [-0.15, -0.1) is 0 Å². The lowest BCUT2D eigenvalue weighted by molar-refractivity contribution is -0.142. The molecule has 4 aliphatic carbocycles. The molecule has 0 heterocycles. The van der Waals surface area contributed by atoms with E-state index in [0.717, 1.165) is 43.7 Å². The molecule has 0 radical (unpaired) electrons. The second kappa shape index (κ2) is 6.36. The lowest BCUT2D eigenvalue weighted by atomic mass is 9.47. The summed E-state index contributed by atoms with van der Waals surface area (Å²) in [6.45, 7) is 4.38. The molecule has 0 aromatic carbocycles. The third-order valence-electron chi connectivity index (χ3n) is 8.30. The Balaban J connectivity index is 1.55. The molecule has 4 unspecified atom stereocenters. The normalized spacial score (nSPS) is 46.1. The van der Waals surface area contributed by atoms with Crippen LogP contribution < -0.4 is 0 Å². The standard InChI is InChI=1S/C21H31NO4/c1-20-9-7-14(22-26-12-19(24)25)11-13(20)3-4-15-16-5-6-18(23)21(16,2)10-8-17(15)20/h11,15-18,23H,3-10,12H2,1-2H3,(H,24,25)/t15?,16?,17?,18?,20-,21-/m0/s1. The van der Waals surface area contributed by atoms with E-state index in [2.05, 4.69) is 25.1 Å². The average Bonchev–Trinajstić information content (AvgIpc) is 2.90. The molecule has 26 heavy (non-hydrogen) atoms. The molecule has 0 amide bonds. The maximum Gasteiger partial charge on any atom is 0.344 e. The first-order chi connectivity index (χ1) is 12.3. The average molecular weight is 361 g/mol. The smallest absolute Gasteiger partial charge is 0.344 e. The van der Waals surface area contributed by atoms with E-state index < -0.39 is 5.97 Å². The van der Waals surface area contributed by atoms with Crippen LogP contribution in [0.15, 0.2) is 16.8 Å². The minimum Gasteiger partial charge on any atom is -0.479 e. The Morgan fingerprint density at radius 3 is 2.77 bits per heavy atom. The number of hydrogen-bond donors (Lipinski definition) is 2. The van der Waals surface area contributed by atoms with Crippen LogP contribution >= 0.6 is 0 Å². The van der Waals surface area contributed by atoms with Gasteiger partial charge in [-0.3, -0.25) is 0 Å². The summed E-state index contributed by atoms with van der Waals surface area (Å²) in [5.41, 5.74) is 2.72. The Hall–Kier alpha value is -1.36. The van der Waals surface area contributed by atoms with Gasteiger partial charge in [0.25, 0.3) is 0 Å². The third kappa shape index (κ3) is 2.70. The van der Waals surface area contributed by atoms with Crippen LogP contribution in [0.25, 0.3) is 0 Å². The lowest BCUT2D eigenvalue weighted by Crippen LogP contribution is -2.51. The number of nitrogens with zero attached hydrogens (tertiary/aromatic N) is 1. The SMILES string of the molecule is C[C@]12CCC3C(CCC4=CC(=NOCC(=O)O)CC[C@@]43C)C1CCC2O. The molecule has 2 N–H and O–H groups in total. The predicted octanol–water partition coefficient (Wildman–Crippen LogP) is 3.77. The van der Waals surface area contributed by atoms with Crippen LogP contribution in [0, 0.1) is 28.6 Å². The molecule has 6 atom stereocenters. The van der Waals surface area contributed by atoms with Gasteiger partial charge in [-0.1, -0.05) is 24.6 Å². The molecule has 0 bridgehead atoms. The molecule has 3 saturated carbocycles. The van der Waals surface area contributed by atoms with E-state index in [1.54, 1.807) is 0 Å². The second-order valence-electron chi connectivity index (χ2n) is 9.39. The maximum absolute atomic E-state index is 10.6. The van der Waals surface area contributed by atoms with E-state index in [4.69, 9.17) is 9.94 Å². The quantitative estimate of drug-likeness (QED) is 0.750. The van der Waals surface area contributed by atoms with Gasteiger partial charge in [0.1, 0.15) is 0 Å². The molecule has 0 aromatic heterocycles. The molecule has 5 heteroatoms. The molecular weight excluding hydrogens is 330 g/mol. The zero-order valence-electron chi connectivity index (χ0n) is 15.9. The zero-order chi connectivity index (χ0) is 18.5. The van der Waals surface area contributed by atoms with E-state index in [0.29, 0.717) is 11.8 Å². The van der Waals surface area contributed by atoms with Gasteiger partial charge in [-0.05, 0) is 86.0 Å². The summed E-state index contributed by atoms with van der Waals surface area (Å²) in [6.07, 6.45) is 10.8. The van der Waals surface area contributed by atoms with Crippen molar-refractivity contribution in [2.75, 3.05) is 6.61 Å². The van der Waals surface area contributed by atoms with Crippen LogP contribution in [0.3, 0.4) is 0 Å². The number of carbonyl (C=O) groups is 1. The van der Waals surface area contributed by atoms with E-state index in [-0.39, 0.29) is 23.5 Å². The van der Waals surface area contributed by atoms with E-state index in [1.165, 1.54) is 24.8 Å². The molecule has 0 aromatic rings. The third-order valence-corrected chi connectivity index (χ3v) is 8.30. The highest BCUT2D eigenvalue weighted by Gasteiger charge is 2.58. The molecule has 4 rings (SSSR count). The Bertz CT molecular complexity index is 656. The van der Waals surface area contributed by atoms with Crippen LogP contribution in [-0.2, 0) is 9.63 Å². The highest BCUT2D eigenvalue weighted by atomic mass is 16.6. The van der Waals surface area contributed by atoms with Crippen molar-refractivity contribution in [2.45, 2.75) is 71.3 Å². The number of carboxylic acid groups (broad SMARTS) is 1. The Morgan fingerprint density at radius 1 is 1.19 bits per heavy atom. The summed E-state index contributed by atoms with van der Waals surface area (Å²) in [6, 6.07) is 0. The van der Waals surface area contributed by atoms with Gasteiger partial charge in [0.15, 0.2) is 0 Å². The number of hydrogen-bond acceptors (Lipinski definition) is 4. The molecule has 5 nitrogen and oxygen atoms in total. The number of aliphatic hydroxyl groups excluding tert-OH is 1. The highest BCUT2D eigenvalue weighted by Crippen LogP contribution is 2.65. The van der Waals surface area contributed by atoms with E-state index in [9.17, 15) is 9.90 Å². The van der Waals surface area contributed by atoms with E-state index in [1.807, 2.05) is 0 Å². The summed E-state index contributed by atoms with van der Waals surface area (Å²) in [7, 11) is 0. The van der Waals surface area contributed by atoms with Crippen LogP contribution in [0.2, 0.25) is 0 Å². The van der Waals surface area contributed by atoms with Crippen molar-refractivity contribution in [2.24, 2.45) is 33.7 Å². The van der Waals surface area contributed by atoms with Gasteiger partial charge < -0.3 is 15.1 Å². The van der Waals surface area contributed by atoms with Gasteiger partial charge in [0.2, 0.25) is 6.61 Å². The fourth-order valence-electron chi connectivity index (χ4n) is 6.79. The number of aliphatic hydroxyl groups is 1. The number of rotatable bonds is 3. The highest BCUT2D eigenvalue weighted by molar-refractivity contribution is 5.96.